The minimum absolute atomic E-state index is 0.0886. The minimum atomic E-state index is -0.443. The van der Waals surface area contributed by atoms with Gasteiger partial charge in [0.2, 0.25) is 5.95 Å². The van der Waals surface area contributed by atoms with Crippen molar-refractivity contribution in [2.75, 3.05) is 5.32 Å². The van der Waals surface area contributed by atoms with Crippen molar-refractivity contribution in [3.8, 4) is 22.6 Å². The van der Waals surface area contributed by atoms with Crippen LogP contribution in [0.3, 0.4) is 0 Å². The van der Waals surface area contributed by atoms with Crippen LogP contribution < -0.4 is 5.32 Å². The maximum absolute atomic E-state index is 14.3. The number of anilines is 1. The van der Waals surface area contributed by atoms with Crippen molar-refractivity contribution in [3.05, 3.63) is 83.2 Å². The smallest absolute Gasteiger partial charge is 0.201 e. The summed E-state index contributed by atoms with van der Waals surface area (Å²) in [5.41, 5.74) is 5.12. The second kappa shape index (κ2) is 7.81. The predicted octanol–water partition coefficient (Wildman–Crippen LogP) is 4.89. The van der Waals surface area contributed by atoms with Crippen molar-refractivity contribution >= 4 is 23.2 Å². The summed E-state index contributed by atoms with van der Waals surface area (Å²) in [6.45, 7) is 2.16. The largest absolute Gasteiger partial charge is 0.352 e. The number of hydrogen-bond donors (Lipinski definition) is 2. The molecule has 2 N–H and O–H groups in total. The van der Waals surface area contributed by atoms with E-state index in [4.69, 9.17) is 16.6 Å². The number of H-pyrrole nitrogens is 1. The molecular weight excluding hydrogens is 417 g/mol. The quantitative estimate of drug-likeness (QED) is 0.412. The van der Waals surface area contributed by atoms with E-state index in [-0.39, 0.29) is 11.6 Å². The van der Waals surface area contributed by atoms with E-state index in [2.05, 4.69) is 25.4 Å². The molecule has 0 amide bonds. The zero-order valence-electron chi connectivity index (χ0n) is 16.5. The lowest BCUT2D eigenvalue weighted by molar-refractivity contribution is 0.613. The summed E-state index contributed by atoms with van der Waals surface area (Å²) in [4.78, 5) is 16.9. The van der Waals surface area contributed by atoms with Gasteiger partial charge in [0, 0.05) is 29.6 Å². The zero-order chi connectivity index (χ0) is 21.4. The van der Waals surface area contributed by atoms with Crippen molar-refractivity contribution in [1.82, 2.24) is 29.5 Å². The highest BCUT2D eigenvalue weighted by molar-refractivity contribution is 6.30. The van der Waals surface area contributed by atoms with Crippen LogP contribution in [0.5, 0.6) is 0 Å². The first-order valence-electron chi connectivity index (χ1n) is 9.59. The number of benzene rings is 1. The fraction of sp³-hybridized carbons (Fsp3) is 0.0909. The third kappa shape index (κ3) is 3.73. The predicted molar refractivity (Wildman–Crippen MR) is 117 cm³/mol. The van der Waals surface area contributed by atoms with Gasteiger partial charge >= 0.3 is 0 Å². The summed E-state index contributed by atoms with van der Waals surface area (Å²) in [7, 11) is 0. The molecule has 5 rings (SSSR count). The number of fused-ring (bicyclic) bond motifs is 1. The second-order valence-electron chi connectivity index (χ2n) is 7.02. The van der Waals surface area contributed by atoms with Crippen molar-refractivity contribution in [2.24, 2.45) is 0 Å². The SMILES string of the molecule is Cc1cccc(-c2[nH]c(NCc3cccc(Cl)c3F)nc2-c2ccn3ncnc3c2)n1. The Morgan fingerprint density at radius 1 is 1.13 bits per heavy atom. The minimum Gasteiger partial charge on any atom is -0.352 e. The van der Waals surface area contributed by atoms with Gasteiger partial charge in [-0.25, -0.2) is 18.9 Å². The van der Waals surface area contributed by atoms with Crippen LogP contribution in [0.1, 0.15) is 11.3 Å². The van der Waals surface area contributed by atoms with E-state index in [1.807, 2.05) is 43.5 Å². The van der Waals surface area contributed by atoms with Crippen LogP contribution in [0, 0.1) is 12.7 Å². The van der Waals surface area contributed by atoms with Gasteiger partial charge in [-0.15, -0.1) is 0 Å². The van der Waals surface area contributed by atoms with Crippen molar-refractivity contribution in [2.45, 2.75) is 13.5 Å². The average Bonchev–Trinajstić information content (AvgIpc) is 3.41. The molecule has 9 heteroatoms. The Labute approximate surface area is 182 Å². The highest BCUT2D eigenvalue weighted by Gasteiger charge is 2.17. The third-order valence-electron chi connectivity index (χ3n) is 4.88. The molecular formula is C22H17ClFN7. The molecule has 7 nitrogen and oxygen atoms in total. The molecule has 0 saturated heterocycles. The first-order chi connectivity index (χ1) is 15.1. The van der Waals surface area contributed by atoms with E-state index < -0.39 is 5.82 Å². The van der Waals surface area contributed by atoms with E-state index in [0.29, 0.717) is 22.9 Å². The van der Waals surface area contributed by atoms with E-state index >= 15 is 0 Å². The lowest BCUT2D eigenvalue weighted by atomic mass is 10.1. The number of imidazole rings is 1. The Bertz CT molecular complexity index is 1390. The van der Waals surface area contributed by atoms with Gasteiger partial charge in [-0.05, 0) is 37.3 Å². The topological polar surface area (TPSA) is 83.8 Å². The lowest BCUT2D eigenvalue weighted by Gasteiger charge is -2.05. The monoisotopic (exact) mass is 433 g/mol. The van der Waals surface area contributed by atoms with Crippen LogP contribution in [-0.4, -0.2) is 29.5 Å². The summed E-state index contributed by atoms with van der Waals surface area (Å²) < 4.78 is 15.9. The molecule has 0 unspecified atom stereocenters. The summed E-state index contributed by atoms with van der Waals surface area (Å²) >= 11 is 5.89. The maximum atomic E-state index is 14.3. The molecule has 4 heterocycles. The molecule has 31 heavy (non-hydrogen) atoms. The molecule has 0 saturated carbocycles. The van der Waals surface area contributed by atoms with Crippen molar-refractivity contribution < 1.29 is 4.39 Å². The van der Waals surface area contributed by atoms with Crippen LogP contribution in [0.2, 0.25) is 5.02 Å². The number of halogens is 2. The lowest BCUT2D eigenvalue weighted by Crippen LogP contribution is -2.03. The molecule has 5 aromatic rings. The van der Waals surface area contributed by atoms with E-state index in [9.17, 15) is 4.39 Å². The van der Waals surface area contributed by atoms with Gasteiger partial charge in [0.1, 0.15) is 17.8 Å². The number of nitrogens with one attached hydrogen (secondary N) is 2. The Morgan fingerprint density at radius 2 is 2.00 bits per heavy atom. The van der Waals surface area contributed by atoms with E-state index in [1.165, 1.54) is 12.4 Å². The van der Waals surface area contributed by atoms with Crippen LogP contribution in [0.15, 0.2) is 61.1 Å². The third-order valence-corrected chi connectivity index (χ3v) is 5.17. The van der Waals surface area contributed by atoms with Gasteiger partial charge in [0.15, 0.2) is 5.65 Å². The van der Waals surface area contributed by atoms with Gasteiger partial charge in [-0.1, -0.05) is 29.8 Å². The molecule has 0 spiro atoms. The highest BCUT2D eigenvalue weighted by Crippen LogP contribution is 2.31. The highest BCUT2D eigenvalue weighted by atomic mass is 35.5. The van der Waals surface area contributed by atoms with Gasteiger partial charge in [-0.3, -0.25) is 4.98 Å². The zero-order valence-corrected chi connectivity index (χ0v) is 17.2. The van der Waals surface area contributed by atoms with E-state index in [1.54, 1.807) is 16.6 Å². The molecule has 0 fully saturated rings. The summed E-state index contributed by atoms with van der Waals surface area (Å²) in [5, 5.41) is 7.37. The summed E-state index contributed by atoms with van der Waals surface area (Å²) in [5.74, 6) is 0.0512. The second-order valence-corrected chi connectivity index (χ2v) is 7.43. The molecule has 0 atom stereocenters. The van der Waals surface area contributed by atoms with Crippen LogP contribution >= 0.6 is 11.6 Å². The van der Waals surface area contributed by atoms with E-state index in [0.717, 1.165) is 22.6 Å². The molecule has 0 aliphatic rings. The summed E-state index contributed by atoms with van der Waals surface area (Å²) in [6.07, 6.45) is 3.33. The number of aromatic amines is 1. The Balaban J connectivity index is 1.55. The maximum Gasteiger partial charge on any atom is 0.201 e. The fourth-order valence-corrected chi connectivity index (χ4v) is 3.55. The number of pyridine rings is 2. The van der Waals surface area contributed by atoms with Crippen LogP contribution in [0.25, 0.3) is 28.3 Å². The molecule has 4 aromatic heterocycles. The summed E-state index contributed by atoms with van der Waals surface area (Å²) in [6, 6.07) is 14.5. The Morgan fingerprint density at radius 3 is 2.87 bits per heavy atom. The Kier molecular flexibility index (Phi) is 4.83. The average molecular weight is 434 g/mol. The molecule has 0 bridgehead atoms. The number of rotatable bonds is 5. The fourth-order valence-electron chi connectivity index (χ4n) is 3.36. The van der Waals surface area contributed by atoms with Gasteiger partial charge in [0.25, 0.3) is 0 Å². The van der Waals surface area contributed by atoms with Crippen LogP contribution in [-0.2, 0) is 6.54 Å². The number of hydrogen-bond acceptors (Lipinski definition) is 5. The van der Waals surface area contributed by atoms with Crippen molar-refractivity contribution in [1.29, 1.82) is 0 Å². The molecule has 0 radical (unpaired) electrons. The number of aryl methyl sites for hydroxylation is 1. The Hall–Kier alpha value is -3.78. The molecule has 154 valence electrons. The number of aromatic nitrogens is 6. The standard InChI is InChI=1S/C22H17ClFN7/c1-13-4-2-7-17(28-13)21-20(14-8-9-31-18(10-14)26-12-27-31)29-22(30-21)25-11-15-5-3-6-16(23)19(15)24/h2-10,12H,11H2,1H3,(H2,25,29,30). The first kappa shape index (κ1) is 19.2. The van der Waals surface area contributed by atoms with Gasteiger partial charge in [0.05, 0.1) is 16.4 Å². The molecule has 1 aromatic carbocycles. The van der Waals surface area contributed by atoms with Gasteiger partial charge < -0.3 is 10.3 Å². The molecule has 0 aliphatic carbocycles. The normalized spacial score (nSPS) is 11.2. The first-order valence-corrected chi connectivity index (χ1v) is 9.97. The van der Waals surface area contributed by atoms with Gasteiger partial charge in [-0.2, -0.15) is 5.10 Å². The van der Waals surface area contributed by atoms with Crippen LogP contribution in [0.4, 0.5) is 10.3 Å². The molecule has 0 aliphatic heterocycles. The van der Waals surface area contributed by atoms with Crippen molar-refractivity contribution in [3.63, 3.8) is 0 Å². The number of nitrogens with zero attached hydrogens (tertiary/aromatic N) is 5.